The van der Waals surface area contributed by atoms with Crippen LogP contribution in [0, 0.1) is 0 Å². The Hall–Kier alpha value is -3.23. The fraction of sp³-hybridized carbons (Fsp3) is 0.421. The van der Waals surface area contributed by atoms with Gasteiger partial charge in [-0.2, -0.15) is 0 Å². The first kappa shape index (κ1) is 19.5. The third-order valence-corrected chi connectivity index (χ3v) is 4.91. The molecule has 1 aromatic carbocycles. The first-order valence-electron chi connectivity index (χ1n) is 9.06. The van der Waals surface area contributed by atoms with E-state index in [1.165, 1.54) is 32.2 Å². The van der Waals surface area contributed by atoms with E-state index in [0.717, 1.165) is 30.6 Å². The van der Waals surface area contributed by atoms with Crippen LogP contribution in [-0.4, -0.2) is 53.8 Å². The van der Waals surface area contributed by atoms with Crippen LogP contribution in [-0.2, 0) is 9.53 Å². The molecule has 9 nitrogen and oxygen atoms in total. The Bertz CT molecular complexity index is 859. The van der Waals surface area contributed by atoms with Crippen LogP contribution in [0.2, 0.25) is 0 Å². The zero-order chi connectivity index (χ0) is 20.4. The minimum atomic E-state index is -1.21. The van der Waals surface area contributed by atoms with Gasteiger partial charge in [-0.25, -0.2) is 9.59 Å². The number of hydrogen-bond acceptors (Lipinski definition) is 6. The van der Waals surface area contributed by atoms with Crippen molar-refractivity contribution in [3.05, 3.63) is 34.9 Å². The largest absolute Gasteiger partial charge is 0.449 e. The monoisotopic (exact) mass is 387 g/mol. The molecule has 1 heterocycles. The van der Waals surface area contributed by atoms with Crippen molar-refractivity contribution in [2.24, 2.45) is 0 Å². The highest BCUT2D eigenvalue weighted by Crippen LogP contribution is 2.23. The molecular weight excluding hydrogens is 366 g/mol. The second-order valence-electron chi connectivity index (χ2n) is 6.92. The summed E-state index contributed by atoms with van der Waals surface area (Å²) in [5.74, 6) is -2.54. The van der Waals surface area contributed by atoms with Gasteiger partial charge in [-0.1, -0.05) is 12.8 Å². The van der Waals surface area contributed by atoms with Crippen LogP contribution in [0.5, 0.6) is 0 Å². The first-order chi connectivity index (χ1) is 13.3. The quantitative estimate of drug-likeness (QED) is 0.592. The average molecular weight is 387 g/mol. The van der Waals surface area contributed by atoms with Crippen LogP contribution in [0.15, 0.2) is 18.2 Å². The summed E-state index contributed by atoms with van der Waals surface area (Å²) in [5, 5.41) is 4.86. The van der Waals surface area contributed by atoms with Crippen molar-refractivity contribution >= 4 is 29.7 Å². The van der Waals surface area contributed by atoms with Crippen molar-refractivity contribution in [3.8, 4) is 0 Å². The van der Waals surface area contributed by atoms with E-state index >= 15 is 0 Å². The molecule has 0 unspecified atom stereocenters. The lowest BCUT2D eigenvalue weighted by molar-refractivity contribution is -0.127. The molecule has 0 radical (unpaired) electrons. The van der Waals surface area contributed by atoms with Crippen LogP contribution >= 0.6 is 0 Å². The maximum absolute atomic E-state index is 12.3. The molecule has 1 aliphatic carbocycles. The third kappa shape index (κ3) is 3.88. The van der Waals surface area contributed by atoms with Gasteiger partial charge in [0.2, 0.25) is 0 Å². The van der Waals surface area contributed by atoms with Gasteiger partial charge in [0.25, 0.3) is 17.7 Å². The van der Waals surface area contributed by atoms with Crippen LogP contribution in [0.1, 0.15) is 63.7 Å². The summed E-state index contributed by atoms with van der Waals surface area (Å²) in [4.78, 5) is 61.0. The lowest BCUT2D eigenvalue weighted by Crippen LogP contribution is -2.47. The van der Waals surface area contributed by atoms with E-state index in [9.17, 15) is 24.0 Å². The summed E-state index contributed by atoms with van der Waals surface area (Å²) in [7, 11) is 1.35. The summed E-state index contributed by atoms with van der Waals surface area (Å²) in [6.07, 6.45) is 2.62. The Morgan fingerprint density at radius 1 is 1.11 bits per heavy atom. The number of benzene rings is 1. The minimum absolute atomic E-state index is 0.0326. The van der Waals surface area contributed by atoms with Gasteiger partial charge in [-0.3, -0.25) is 24.6 Å². The molecule has 0 saturated heterocycles. The van der Waals surface area contributed by atoms with Crippen molar-refractivity contribution < 1.29 is 28.7 Å². The molecule has 0 aromatic heterocycles. The fourth-order valence-electron chi connectivity index (χ4n) is 3.28. The minimum Gasteiger partial charge on any atom is -0.449 e. The molecule has 28 heavy (non-hydrogen) atoms. The number of hydrogen-bond donors (Lipinski definition) is 2. The van der Waals surface area contributed by atoms with E-state index in [4.69, 9.17) is 4.74 Å². The summed E-state index contributed by atoms with van der Waals surface area (Å²) < 4.78 is 5.08. The number of amides is 5. The predicted octanol–water partition coefficient (Wildman–Crippen LogP) is 1.23. The molecule has 148 valence electrons. The molecule has 5 amide bonds. The number of urea groups is 1. The molecule has 3 rings (SSSR count). The van der Waals surface area contributed by atoms with Gasteiger partial charge in [0.1, 0.15) is 0 Å². The van der Waals surface area contributed by atoms with Crippen molar-refractivity contribution in [1.29, 1.82) is 0 Å². The van der Waals surface area contributed by atoms with Crippen LogP contribution in [0.4, 0.5) is 4.79 Å². The number of imide groups is 2. The normalized spacial score (nSPS) is 17.3. The Labute approximate surface area is 161 Å². The molecule has 0 bridgehead atoms. The molecule has 0 spiro atoms. The molecule has 1 fully saturated rings. The Morgan fingerprint density at radius 2 is 1.75 bits per heavy atom. The highest BCUT2D eigenvalue weighted by atomic mass is 16.5. The van der Waals surface area contributed by atoms with E-state index in [1.54, 1.807) is 0 Å². The van der Waals surface area contributed by atoms with Gasteiger partial charge in [-0.15, -0.1) is 0 Å². The molecule has 2 N–H and O–H groups in total. The van der Waals surface area contributed by atoms with Gasteiger partial charge in [0.15, 0.2) is 6.10 Å². The maximum atomic E-state index is 12.3. The summed E-state index contributed by atoms with van der Waals surface area (Å²) >= 11 is 0. The highest BCUT2D eigenvalue weighted by molar-refractivity contribution is 6.21. The van der Waals surface area contributed by atoms with E-state index in [-0.39, 0.29) is 22.7 Å². The van der Waals surface area contributed by atoms with Crippen LogP contribution in [0.3, 0.4) is 0 Å². The molecular formula is C19H21N3O6. The molecule has 1 aromatic rings. The van der Waals surface area contributed by atoms with Gasteiger partial charge < -0.3 is 10.1 Å². The Morgan fingerprint density at radius 3 is 2.43 bits per heavy atom. The lowest BCUT2D eigenvalue weighted by atomic mass is 10.1. The van der Waals surface area contributed by atoms with Crippen molar-refractivity contribution in [3.63, 3.8) is 0 Å². The third-order valence-electron chi connectivity index (χ3n) is 4.91. The number of nitrogens with zero attached hydrogens (tertiary/aromatic N) is 1. The summed E-state index contributed by atoms with van der Waals surface area (Å²) in [6, 6.07) is 3.41. The first-order valence-corrected chi connectivity index (χ1v) is 9.06. The van der Waals surface area contributed by atoms with Gasteiger partial charge in [-0.05, 0) is 38.0 Å². The lowest BCUT2D eigenvalue weighted by Gasteiger charge is -2.15. The zero-order valence-corrected chi connectivity index (χ0v) is 15.6. The fourth-order valence-corrected chi connectivity index (χ4v) is 3.28. The van der Waals surface area contributed by atoms with E-state index in [2.05, 4.69) is 10.6 Å². The molecule has 9 heteroatoms. The maximum Gasteiger partial charge on any atom is 0.338 e. The zero-order valence-electron chi connectivity index (χ0n) is 15.6. The number of fused-ring (bicyclic) bond motifs is 1. The van der Waals surface area contributed by atoms with Crippen molar-refractivity contribution in [2.45, 2.75) is 44.8 Å². The topological polar surface area (TPSA) is 122 Å². The van der Waals surface area contributed by atoms with Gasteiger partial charge in [0, 0.05) is 13.1 Å². The summed E-state index contributed by atoms with van der Waals surface area (Å²) in [6.45, 7) is 1.34. The Balaban J connectivity index is 1.58. The Kier molecular flexibility index (Phi) is 5.43. The van der Waals surface area contributed by atoms with Crippen molar-refractivity contribution in [1.82, 2.24) is 15.5 Å². The van der Waals surface area contributed by atoms with Crippen LogP contribution in [0.25, 0.3) is 0 Å². The van der Waals surface area contributed by atoms with Gasteiger partial charge in [0.05, 0.1) is 16.7 Å². The summed E-state index contributed by atoms with van der Waals surface area (Å²) in [5.41, 5.74) is 0.346. The average Bonchev–Trinajstić information content (AvgIpc) is 3.24. The van der Waals surface area contributed by atoms with Crippen LogP contribution < -0.4 is 10.6 Å². The smallest absolute Gasteiger partial charge is 0.338 e. The number of esters is 1. The van der Waals surface area contributed by atoms with E-state index in [0.29, 0.717) is 0 Å². The molecule has 1 atom stereocenters. The highest BCUT2D eigenvalue weighted by Gasteiger charge is 2.33. The van der Waals surface area contributed by atoms with E-state index in [1.807, 2.05) is 0 Å². The standard InChI is InChI=1S/C19H21N3O6/c1-10(15(23)21-19(27)20-12-5-3-4-6-12)28-18(26)11-7-8-13-14(9-11)17(25)22(2)16(13)24/h7-10,12H,3-6H2,1-2H3,(H2,20,21,23,27)/t10-/m0/s1. The second kappa shape index (κ2) is 7.79. The number of carbonyl (C=O) groups excluding carboxylic acids is 5. The molecule has 1 saturated carbocycles. The number of nitrogens with one attached hydrogen (secondary N) is 2. The van der Waals surface area contributed by atoms with E-state index < -0.39 is 35.8 Å². The second-order valence-corrected chi connectivity index (χ2v) is 6.92. The molecule has 2 aliphatic rings. The van der Waals surface area contributed by atoms with Crippen molar-refractivity contribution in [2.75, 3.05) is 7.05 Å². The SMILES string of the molecule is C[C@H](OC(=O)c1ccc2c(c1)C(=O)N(C)C2=O)C(=O)NC(=O)NC1CCCC1. The number of rotatable bonds is 4. The molecule has 1 aliphatic heterocycles. The number of ether oxygens (including phenoxy) is 1. The van der Waals surface area contributed by atoms with Gasteiger partial charge >= 0.3 is 12.0 Å². The number of carbonyl (C=O) groups is 5. The predicted molar refractivity (Wildman–Crippen MR) is 96.7 cm³/mol.